The van der Waals surface area contributed by atoms with E-state index < -0.39 is 23.4 Å². The minimum atomic E-state index is -0.517. The van der Waals surface area contributed by atoms with Gasteiger partial charge in [-0.2, -0.15) is 0 Å². The number of ether oxygens (including phenoxy) is 2. The van der Waals surface area contributed by atoms with Crippen LogP contribution in [0.5, 0.6) is 0 Å². The zero-order valence-corrected chi connectivity index (χ0v) is 16.8. The highest BCUT2D eigenvalue weighted by molar-refractivity contribution is 5.68. The maximum absolute atomic E-state index is 11.9. The second-order valence-corrected chi connectivity index (χ2v) is 8.62. The number of rotatable bonds is 6. The molecule has 0 radical (unpaired) electrons. The van der Waals surface area contributed by atoms with E-state index in [4.69, 9.17) is 9.47 Å². The Morgan fingerprint density at radius 3 is 1.58 bits per heavy atom. The van der Waals surface area contributed by atoms with Crippen molar-refractivity contribution in [1.82, 2.24) is 10.6 Å². The van der Waals surface area contributed by atoms with Crippen molar-refractivity contribution in [2.24, 2.45) is 5.92 Å². The molecule has 6 heteroatoms. The summed E-state index contributed by atoms with van der Waals surface area (Å²) in [6.07, 6.45) is 0.649. The van der Waals surface area contributed by atoms with Crippen molar-refractivity contribution < 1.29 is 19.1 Å². The predicted octanol–water partition coefficient (Wildman–Crippen LogP) is 4.23. The van der Waals surface area contributed by atoms with Gasteiger partial charge >= 0.3 is 12.2 Å². The van der Waals surface area contributed by atoms with Crippen molar-refractivity contribution in [3.05, 3.63) is 0 Å². The number of hydrogen-bond acceptors (Lipinski definition) is 4. The normalized spacial score (nSPS) is 14.8. The molecule has 0 bridgehead atoms. The number of carbonyl (C=O) groups excluding carboxylic acids is 2. The second kappa shape index (κ2) is 9.14. The molecule has 0 aliphatic rings. The Kier molecular flexibility index (Phi) is 8.58. The summed E-state index contributed by atoms with van der Waals surface area (Å²) in [5, 5.41) is 5.73. The Morgan fingerprint density at radius 1 is 0.792 bits per heavy atom. The topological polar surface area (TPSA) is 76.7 Å². The van der Waals surface area contributed by atoms with Gasteiger partial charge in [-0.05, 0) is 67.2 Å². The molecule has 0 aromatic rings. The number of alkyl carbamates (subject to hydrolysis) is 2. The summed E-state index contributed by atoms with van der Waals surface area (Å²) >= 11 is 0. The van der Waals surface area contributed by atoms with Gasteiger partial charge in [0.25, 0.3) is 0 Å². The molecule has 24 heavy (non-hydrogen) atoms. The Morgan fingerprint density at radius 2 is 1.21 bits per heavy atom. The Hall–Kier alpha value is -1.46. The molecule has 0 fully saturated rings. The van der Waals surface area contributed by atoms with E-state index in [0.717, 1.165) is 12.8 Å². The molecule has 0 aliphatic heterocycles. The third-order valence-corrected chi connectivity index (χ3v) is 3.18. The number of hydrogen-bond donors (Lipinski definition) is 2. The van der Waals surface area contributed by atoms with Gasteiger partial charge in [0.1, 0.15) is 11.2 Å². The van der Waals surface area contributed by atoms with Crippen LogP contribution in [0.25, 0.3) is 0 Å². The first kappa shape index (κ1) is 22.5. The lowest BCUT2D eigenvalue weighted by atomic mass is 9.97. The molecule has 0 saturated heterocycles. The third kappa shape index (κ3) is 12.0. The van der Waals surface area contributed by atoms with Crippen molar-refractivity contribution in [2.75, 3.05) is 0 Å². The minimum Gasteiger partial charge on any atom is -0.444 e. The van der Waals surface area contributed by atoms with Crippen LogP contribution in [0.3, 0.4) is 0 Å². The molecular weight excluding hydrogens is 308 g/mol. The lowest BCUT2D eigenvalue weighted by Crippen LogP contribution is -2.43. The average molecular weight is 344 g/mol. The smallest absolute Gasteiger partial charge is 0.407 e. The quantitative estimate of drug-likeness (QED) is 0.756. The maximum atomic E-state index is 11.9. The highest BCUT2D eigenvalue weighted by Crippen LogP contribution is 2.13. The summed E-state index contributed by atoms with van der Waals surface area (Å²) in [5.41, 5.74) is -1.03. The first-order valence-electron chi connectivity index (χ1n) is 8.68. The molecule has 0 aromatic carbocycles. The van der Waals surface area contributed by atoms with Gasteiger partial charge in [-0.1, -0.05) is 13.8 Å². The van der Waals surface area contributed by atoms with Crippen molar-refractivity contribution in [2.45, 2.75) is 98.4 Å². The van der Waals surface area contributed by atoms with Crippen LogP contribution in [0, 0.1) is 5.92 Å². The van der Waals surface area contributed by atoms with Gasteiger partial charge < -0.3 is 20.1 Å². The molecule has 2 atom stereocenters. The fourth-order valence-corrected chi connectivity index (χ4v) is 2.04. The number of carbonyl (C=O) groups is 2. The van der Waals surface area contributed by atoms with E-state index in [9.17, 15) is 9.59 Å². The van der Waals surface area contributed by atoms with E-state index in [2.05, 4.69) is 10.6 Å². The molecule has 0 heterocycles. The summed E-state index contributed by atoms with van der Waals surface area (Å²) in [6.45, 7) is 17.0. The number of nitrogens with one attached hydrogen (secondary N) is 2. The molecule has 2 N–H and O–H groups in total. The van der Waals surface area contributed by atoms with Gasteiger partial charge in [0.2, 0.25) is 0 Å². The van der Waals surface area contributed by atoms with Gasteiger partial charge in [-0.25, -0.2) is 9.59 Å². The lowest BCUT2D eigenvalue weighted by molar-refractivity contribution is 0.0466. The highest BCUT2D eigenvalue weighted by atomic mass is 16.6. The molecule has 0 saturated carbocycles. The lowest BCUT2D eigenvalue weighted by Gasteiger charge is -2.27. The molecule has 0 spiro atoms. The zero-order valence-electron chi connectivity index (χ0n) is 16.8. The van der Waals surface area contributed by atoms with Crippen LogP contribution in [0.15, 0.2) is 0 Å². The van der Waals surface area contributed by atoms with Crippen molar-refractivity contribution in [3.8, 4) is 0 Å². The molecule has 0 aliphatic carbocycles. The maximum Gasteiger partial charge on any atom is 0.407 e. The summed E-state index contributed by atoms with van der Waals surface area (Å²) in [7, 11) is 0. The van der Waals surface area contributed by atoms with Crippen LogP contribution in [0.4, 0.5) is 9.59 Å². The van der Waals surface area contributed by atoms with E-state index in [-0.39, 0.29) is 18.0 Å². The monoisotopic (exact) mass is 344 g/mol. The molecule has 0 rings (SSSR count). The second-order valence-electron chi connectivity index (χ2n) is 8.62. The molecule has 2 amide bonds. The molecular formula is C18H36N2O4. The first-order chi connectivity index (χ1) is 10.7. The Bertz CT molecular complexity index is 408. The van der Waals surface area contributed by atoms with E-state index >= 15 is 0 Å². The fourth-order valence-electron chi connectivity index (χ4n) is 2.04. The van der Waals surface area contributed by atoms with Gasteiger partial charge in [0, 0.05) is 12.1 Å². The van der Waals surface area contributed by atoms with Gasteiger partial charge in [0.05, 0.1) is 0 Å². The van der Waals surface area contributed by atoms with Gasteiger partial charge in [0.15, 0.2) is 0 Å². The van der Waals surface area contributed by atoms with Gasteiger partial charge in [-0.15, -0.1) is 0 Å². The predicted molar refractivity (Wildman–Crippen MR) is 96.1 cm³/mol. The Balaban J connectivity index is 4.39. The zero-order chi connectivity index (χ0) is 19.1. The van der Waals surface area contributed by atoms with Crippen molar-refractivity contribution in [3.63, 3.8) is 0 Å². The van der Waals surface area contributed by atoms with Crippen LogP contribution in [-0.2, 0) is 9.47 Å². The first-order valence-corrected chi connectivity index (χ1v) is 8.68. The largest absolute Gasteiger partial charge is 0.444 e. The van der Waals surface area contributed by atoms with E-state index in [1.54, 1.807) is 0 Å². The van der Waals surface area contributed by atoms with Gasteiger partial charge in [-0.3, -0.25) is 0 Å². The Labute approximate surface area is 147 Å². The number of amides is 2. The van der Waals surface area contributed by atoms with E-state index in [1.807, 2.05) is 62.3 Å². The van der Waals surface area contributed by atoms with Crippen LogP contribution in [-0.4, -0.2) is 35.5 Å². The minimum absolute atomic E-state index is 0.0114. The van der Waals surface area contributed by atoms with Crippen LogP contribution in [0.2, 0.25) is 0 Å². The molecule has 142 valence electrons. The van der Waals surface area contributed by atoms with E-state index in [1.165, 1.54) is 0 Å². The standard InChI is InChI=1S/C18H36N2O4/c1-12(2)14(20-16(22)24-18(7,8)9)11-10-13(3)19-15(21)23-17(4,5)6/h12-14H,10-11H2,1-9H3,(H,19,21)(H,20,22)/t13-,14?/m1/s1. The summed E-state index contributed by atoms with van der Waals surface area (Å²) in [4.78, 5) is 23.7. The fraction of sp³-hybridized carbons (Fsp3) is 0.889. The SMILES string of the molecule is CC(C)C(CC[C@@H](C)NC(=O)OC(C)(C)C)NC(=O)OC(C)(C)C. The molecule has 1 unspecified atom stereocenters. The summed E-state index contributed by atoms with van der Waals surface area (Å²) in [5.74, 6) is 0.270. The van der Waals surface area contributed by atoms with Crippen LogP contribution in [0.1, 0.15) is 75.2 Å². The summed E-state index contributed by atoms with van der Waals surface area (Å²) in [6, 6.07) is -0.0516. The average Bonchev–Trinajstić information content (AvgIpc) is 2.28. The molecule has 6 nitrogen and oxygen atoms in total. The van der Waals surface area contributed by atoms with Crippen LogP contribution < -0.4 is 10.6 Å². The highest BCUT2D eigenvalue weighted by Gasteiger charge is 2.23. The molecule has 0 aromatic heterocycles. The third-order valence-electron chi connectivity index (χ3n) is 3.18. The van der Waals surface area contributed by atoms with Crippen molar-refractivity contribution in [1.29, 1.82) is 0 Å². The van der Waals surface area contributed by atoms with Crippen molar-refractivity contribution >= 4 is 12.2 Å². The van der Waals surface area contributed by atoms with Crippen LogP contribution >= 0.6 is 0 Å². The van der Waals surface area contributed by atoms with E-state index in [0.29, 0.717) is 0 Å². The summed E-state index contributed by atoms with van der Waals surface area (Å²) < 4.78 is 10.5.